The van der Waals surface area contributed by atoms with Gasteiger partial charge in [-0.2, -0.15) is 8.78 Å². The molecule has 0 unspecified atom stereocenters. The van der Waals surface area contributed by atoms with Crippen LogP contribution < -0.4 is 0 Å². The molecule has 0 amide bonds. The van der Waals surface area contributed by atoms with Crippen LogP contribution in [0.25, 0.3) is 0 Å². The molecule has 42 heavy (non-hydrogen) atoms. The maximum atomic E-state index is 15.2. The number of alkyl halides is 2. The Morgan fingerprint density at radius 3 is 1.86 bits per heavy atom. The van der Waals surface area contributed by atoms with Gasteiger partial charge >= 0.3 is 6.11 Å². The summed E-state index contributed by atoms with van der Waals surface area (Å²) in [5, 5.41) is 0. The second-order valence-electron chi connectivity index (χ2n) is 13.6. The van der Waals surface area contributed by atoms with E-state index >= 15 is 8.78 Å². The Hall–Kier alpha value is -1.25. The van der Waals surface area contributed by atoms with Gasteiger partial charge in [0.15, 0.2) is 23.7 Å². The predicted molar refractivity (Wildman–Crippen MR) is 152 cm³/mol. The van der Waals surface area contributed by atoms with Gasteiger partial charge in [-0.1, -0.05) is 26.2 Å². The van der Waals surface area contributed by atoms with E-state index in [-0.39, 0.29) is 18.1 Å². The maximum Gasteiger partial charge on any atom is 0.358 e. The third-order valence-electron chi connectivity index (χ3n) is 10.8. The summed E-state index contributed by atoms with van der Waals surface area (Å²) in [4.78, 5) is 0. The molecule has 0 radical (unpaired) electrons. The van der Waals surface area contributed by atoms with E-state index in [1.807, 2.05) is 0 Å². The van der Waals surface area contributed by atoms with Crippen LogP contribution in [0.3, 0.4) is 0 Å². The summed E-state index contributed by atoms with van der Waals surface area (Å²) in [6.07, 6.45) is 9.74. The lowest BCUT2D eigenvalue weighted by Gasteiger charge is -2.41. The lowest BCUT2D eigenvalue weighted by atomic mass is 9.69. The zero-order valence-corrected chi connectivity index (χ0v) is 25.1. The first-order chi connectivity index (χ1) is 20.2. The standard InChI is InChI=1S/C34H49F5O3/c1-2-3-4-5-22-20-40-33(41-21-22)26-10-14-28(15-11-26)34(38,39)42-29-16-12-24(13-17-29)23-6-8-25(9-7-23)27-18-30(35)32(37)31(36)19-27/h18-19,22-26,28-29,33H,2-17,20-21H2,1H3. The lowest BCUT2D eigenvalue weighted by molar-refractivity contribution is -0.305. The minimum atomic E-state index is -3.11. The highest BCUT2D eigenvalue weighted by Crippen LogP contribution is 2.46. The Balaban J connectivity index is 0.999. The Bertz CT molecular complexity index is 950. The largest absolute Gasteiger partial charge is 0.358 e. The van der Waals surface area contributed by atoms with E-state index in [0.717, 1.165) is 57.1 Å². The molecule has 238 valence electrons. The molecule has 1 aliphatic heterocycles. The summed E-state index contributed by atoms with van der Waals surface area (Å²) >= 11 is 0. The van der Waals surface area contributed by atoms with E-state index in [0.29, 0.717) is 75.1 Å². The molecule has 0 atom stereocenters. The molecule has 0 aromatic heterocycles. The van der Waals surface area contributed by atoms with Crippen LogP contribution in [-0.4, -0.2) is 31.7 Å². The number of hydrogen-bond donors (Lipinski definition) is 0. The van der Waals surface area contributed by atoms with E-state index in [2.05, 4.69) is 6.92 Å². The molecule has 4 aliphatic rings. The molecular weight excluding hydrogens is 551 g/mol. The first kappa shape index (κ1) is 32.2. The van der Waals surface area contributed by atoms with E-state index in [1.165, 1.54) is 19.3 Å². The summed E-state index contributed by atoms with van der Waals surface area (Å²) in [5.41, 5.74) is 0.531. The highest BCUT2D eigenvalue weighted by molar-refractivity contribution is 5.23. The van der Waals surface area contributed by atoms with Crippen molar-refractivity contribution in [3.05, 3.63) is 35.1 Å². The summed E-state index contributed by atoms with van der Waals surface area (Å²) < 4.78 is 88.7. The van der Waals surface area contributed by atoms with Crippen LogP contribution in [0, 0.1) is 47.0 Å². The van der Waals surface area contributed by atoms with E-state index in [9.17, 15) is 13.2 Å². The normalized spacial score (nSPS) is 34.8. The van der Waals surface area contributed by atoms with Crippen LogP contribution in [0.1, 0.15) is 121 Å². The van der Waals surface area contributed by atoms with Crippen LogP contribution in [0.4, 0.5) is 22.0 Å². The lowest BCUT2D eigenvalue weighted by Crippen LogP contribution is -2.42. The molecule has 3 saturated carbocycles. The van der Waals surface area contributed by atoms with Crippen LogP contribution in [-0.2, 0) is 14.2 Å². The quantitative estimate of drug-likeness (QED) is 0.152. The monoisotopic (exact) mass is 600 g/mol. The van der Waals surface area contributed by atoms with Crippen molar-refractivity contribution in [3.63, 3.8) is 0 Å². The van der Waals surface area contributed by atoms with Gasteiger partial charge in [-0.05, 0) is 119 Å². The van der Waals surface area contributed by atoms with Crippen molar-refractivity contribution in [1.29, 1.82) is 0 Å². The minimum absolute atomic E-state index is 0.0306. The molecule has 1 saturated heterocycles. The Morgan fingerprint density at radius 1 is 0.738 bits per heavy atom. The molecule has 8 heteroatoms. The molecule has 0 bridgehead atoms. The zero-order chi connectivity index (χ0) is 29.7. The summed E-state index contributed by atoms with van der Waals surface area (Å²) in [6.45, 7) is 3.63. The minimum Gasteiger partial charge on any atom is -0.352 e. The van der Waals surface area contributed by atoms with Gasteiger partial charge in [0.25, 0.3) is 0 Å². The first-order valence-electron chi connectivity index (χ1n) is 16.7. The average molecular weight is 601 g/mol. The van der Waals surface area contributed by atoms with Gasteiger partial charge in [-0.15, -0.1) is 0 Å². The topological polar surface area (TPSA) is 27.7 Å². The van der Waals surface area contributed by atoms with E-state index in [1.54, 1.807) is 0 Å². The van der Waals surface area contributed by atoms with Crippen molar-refractivity contribution < 1.29 is 36.2 Å². The van der Waals surface area contributed by atoms with Gasteiger partial charge in [0.2, 0.25) is 0 Å². The molecule has 3 nitrogen and oxygen atoms in total. The number of unbranched alkanes of at least 4 members (excludes halogenated alkanes) is 2. The molecule has 4 fully saturated rings. The maximum absolute atomic E-state index is 15.2. The zero-order valence-electron chi connectivity index (χ0n) is 25.1. The highest BCUT2D eigenvalue weighted by Gasteiger charge is 2.46. The average Bonchev–Trinajstić information content (AvgIpc) is 3.00. The number of benzene rings is 1. The smallest absolute Gasteiger partial charge is 0.352 e. The van der Waals surface area contributed by atoms with Gasteiger partial charge < -0.3 is 14.2 Å². The fourth-order valence-corrected chi connectivity index (χ4v) is 8.14. The molecule has 1 aromatic carbocycles. The third-order valence-corrected chi connectivity index (χ3v) is 10.8. The Morgan fingerprint density at radius 2 is 1.29 bits per heavy atom. The number of halogens is 5. The SMILES string of the molecule is CCCCCC1COC(C2CCC(C(F)(F)OC3CCC(C4CCC(c5cc(F)c(F)c(F)c5)CC4)CC3)CC2)OC1. The fourth-order valence-electron chi connectivity index (χ4n) is 8.14. The van der Waals surface area contributed by atoms with Crippen molar-refractivity contribution in [3.8, 4) is 0 Å². The molecule has 0 N–H and O–H groups in total. The molecule has 0 spiro atoms. The molecule has 3 aliphatic carbocycles. The molecular formula is C34H49F5O3. The van der Waals surface area contributed by atoms with Crippen LogP contribution in [0.2, 0.25) is 0 Å². The van der Waals surface area contributed by atoms with Gasteiger partial charge in [-0.3, -0.25) is 0 Å². The van der Waals surface area contributed by atoms with Crippen molar-refractivity contribution in [1.82, 2.24) is 0 Å². The number of hydrogen-bond acceptors (Lipinski definition) is 3. The number of rotatable bonds is 10. The second-order valence-corrected chi connectivity index (χ2v) is 13.6. The van der Waals surface area contributed by atoms with E-state index < -0.39 is 35.6 Å². The fraction of sp³-hybridized carbons (Fsp3) is 0.824. The molecule has 1 heterocycles. The summed E-state index contributed by atoms with van der Waals surface area (Å²) in [7, 11) is 0. The number of ether oxygens (including phenoxy) is 3. The van der Waals surface area contributed by atoms with Crippen LogP contribution in [0.5, 0.6) is 0 Å². The van der Waals surface area contributed by atoms with Crippen molar-refractivity contribution in [2.45, 2.75) is 134 Å². The highest BCUT2D eigenvalue weighted by atomic mass is 19.3. The van der Waals surface area contributed by atoms with Gasteiger partial charge in [0.05, 0.1) is 25.2 Å². The van der Waals surface area contributed by atoms with Crippen molar-refractivity contribution in [2.24, 2.45) is 29.6 Å². The van der Waals surface area contributed by atoms with E-state index in [4.69, 9.17) is 14.2 Å². The molecule has 1 aromatic rings. The van der Waals surface area contributed by atoms with Gasteiger partial charge in [0.1, 0.15) is 0 Å². The summed E-state index contributed by atoms with van der Waals surface area (Å²) in [6, 6.07) is 2.25. The van der Waals surface area contributed by atoms with Gasteiger partial charge in [0, 0.05) is 11.8 Å². The van der Waals surface area contributed by atoms with Crippen LogP contribution >= 0.6 is 0 Å². The second kappa shape index (κ2) is 14.7. The summed E-state index contributed by atoms with van der Waals surface area (Å²) in [5.74, 6) is -2.81. The first-order valence-corrected chi connectivity index (χ1v) is 16.7. The predicted octanol–water partition coefficient (Wildman–Crippen LogP) is 9.92. The van der Waals surface area contributed by atoms with Crippen molar-refractivity contribution in [2.75, 3.05) is 13.2 Å². The van der Waals surface area contributed by atoms with Gasteiger partial charge in [-0.25, -0.2) is 13.2 Å². The van der Waals surface area contributed by atoms with Crippen LogP contribution in [0.15, 0.2) is 12.1 Å². The molecule has 5 rings (SSSR count). The third kappa shape index (κ3) is 8.06. The van der Waals surface area contributed by atoms with Crippen molar-refractivity contribution >= 4 is 0 Å². The Kier molecular flexibility index (Phi) is 11.2. The Labute approximate surface area is 248 Å².